The zero-order chi connectivity index (χ0) is 13.8. The van der Waals surface area contributed by atoms with Gasteiger partial charge in [0.05, 0.1) is 12.8 Å². The van der Waals surface area contributed by atoms with E-state index in [1.807, 2.05) is 12.3 Å². The summed E-state index contributed by atoms with van der Waals surface area (Å²) in [4.78, 5) is 24.1. The summed E-state index contributed by atoms with van der Waals surface area (Å²) in [6, 6.07) is 0. The van der Waals surface area contributed by atoms with Crippen molar-refractivity contribution in [3.8, 4) is 0 Å². The molecule has 104 valence electrons. The van der Waals surface area contributed by atoms with Crippen molar-refractivity contribution in [3.63, 3.8) is 0 Å². The van der Waals surface area contributed by atoms with Crippen molar-refractivity contribution in [1.29, 1.82) is 0 Å². The lowest BCUT2D eigenvalue weighted by Crippen LogP contribution is -2.33. The monoisotopic (exact) mass is 283 g/mol. The molecule has 0 aliphatic carbocycles. The molecule has 1 saturated heterocycles. The van der Waals surface area contributed by atoms with Gasteiger partial charge in [0.2, 0.25) is 0 Å². The van der Waals surface area contributed by atoms with Crippen LogP contribution in [0, 0.1) is 6.92 Å². The summed E-state index contributed by atoms with van der Waals surface area (Å²) < 4.78 is 10.1. The van der Waals surface area contributed by atoms with Crippen molar-refractivity contribution in [2.75, 3.05) is 19.0 Å². The van der Waals surface area contributed by atoms with Gasteiger partial charge in [0.25, 0.3) is 5.91 Å². The summed E-state index contributed by atoms with van der Waals surface area (Å²) in [6.45, 7) is 2.46. The Morgan fingerprint density at radius 1 is 1.47 bits per heavy atom. The van der Waals surface area contributed by atoms with Crippen LogP contribution >= 0.6 is 11.3 Å². The molecule has 0 saturated carbocycles. The van der Waals surface area contributed by atoms with Crippen LogP contribution in [0.5, 0.6) is 0 Å². The van der Waals surface area contributed by atoms with E-state index >= 15 is 0 Å². The molecular weight excluding hydrogens is 266 g/mol. The molecule has 0 spiro atoms. The van der Waals surface area contributed by atoms with Crippen LogP contribution in [-0.2, 0) is 14.3 Å². The van der Waals surface area contributed by atoms with E-state index in [9.17, 15) is 9.59 Å². The Morgan fingerprint density at radius 2 is 2.26 bits per heavy atom. The van der Waals surface area contributed by atoms with E-state index in [0.29, 0.717) is 17.2 Å². The predicted molar refractivity (Wildman–Crippen MR) is 72.6 cm³/mol. The molecule has 0 aromatic carbocycles. The molecule has 1 aromatic heterocycles. The van der Waals surface area contributed by atoms with Gasteiger partial charge >= 0.3 is 5.97 Å². The van der Waals surface area contributed by atoms with E-state index in [1.54, 1.807) is 0 Å². The number of carbonyl (C=O) groups is 2. The fourth-order valence-electron chi connectivity index (χ4n) is 1.99. The molecule has 1 atom stereocenters. The number of ether oxygens (including phenoxy) is 2. The van der Waals surface area contributed by atoms with Gasteiger partial charge in [-0.1, -0.05) is 0 Å². The minimum absolute atomic E-state index is 0.189. The molecule has 1 unspecified atom stereocenters. The van der Waals surface area contributed by atoms with Crippen LogP contribution in [0.3, 0.4) is 0 Å². The summed E-state index contributed by atoms with van der Waals surface area (Å²) in [5.41, 5.74) is 1.39. The molecule has 2 rings (SSSR count). The molecule has 0 radical (unpaired) electrons. The molecule has 0 bridgehead atoms. The number of nitrogens with one attached hydrogen (secondary N) is 1. The van der Waals surface area contributed by atoms with Gasteiger partial charge in [0, 0.05) is 6.61 Å². The smallest absolute Gasteiger partial charge is 0.350 e. The molecule has 1 fully saturated rings. The first-order valence-corrected chi connectivity index (χ1v) is 7.10. The number of methoxy groups -OCH3 is 1. The van der Waals surface area contributed by atoms with E-state index in [4.69, 9.17) is 9.47 Å². The van der Waals surface area contributed by atoms with Crippen molar-refractivity contribution in [2.24, 2.45) is 0 Å². The molecule has 19 heavy (non-hydrogen) atoms. The lowest BCUT2D eigenvalue weighted by atomic mass is 10.1. The summed E-state index contributed by atoms with van der Waals surface area (Å²) in [5.74, 6) is -0.621. The first kappa shape index (κ1) is 14.0. The van der Waals surface area contributed by atoms with E-state index in [0.717, 1.165) is 24.8 Å². The van der Waals surface area contributed by atoms with Gasteiger partial charge in [0.15, 0.2) is 0 Å². The molecule has 1 aliphatic rings. The molecule has 2 heterocycles. The molecule has 1 aliphatic heterocycles. The van der Waals surface area contributed by atoms with E-state index in [-0.39, 0.29) is 5.91 Å². The summed E-state index contributed by atoms with van der Waals surface area (Å²) in [6.07, 6.45) is 2.29. The number of hydrogen-bond acceptors (Lipinski definition) is 5. The van der Waals surface area contributed by atoms with E-state index < -0.39 is 12.1 Å². The van der Waals surface area contributed by atoms with Crippen molar-refractivity contribution in [3.05, 3.63) is 15.8 Å². The average molecular weight is 283 g/mol. The summed E-state index contributed by atoms with van der Waals surface area (Å²) >= 11 is 1.27. The Balaban J connectivity index is 2.11. The van der Waals surface area contributed by atoms with Crippen LogP contribution in [-0.4, -0.2) is 31.7 Å². The topological polar surface area (TPSA) is 64.6 Å². The standard InChI is InChI=1S/C13H17NO4S/c1-8-7-19-11(13(16)17-2)10(8)14-12(15)9-5-3-4-6-18-9/h7,9H,3-6H2,1-2H3,(H,14,15). The number of hydrogen-bond donors (Lipinski definition) is 1. The van der Waals surface area contributed by atoms with Crippen LogP contribution < -0.4 is 5.32 Å². The fourth-order valence-corrected chi connectivity index (χ4v) is 2.92. The van der Waals surface area contributed by atoms with Crippen molar-refractivity contribution in [1.82, 2.24) is 0 Å². The van der Waals surface area contributed by atoms with Crippen molar-refractivity contribution < 1.29 is 19.1 Å². The average Bonchev–Trinajstić information content (AvgIpc) is 2.80. The SMILES string of the molecule is COC(=O)c1scc(C)c1NC(=O)C1CCCCO1. The maximum atomic E-state index is 12.1. The normalized spacial score (nSPS) is 18.9. The fraction of sp³-hybridized carbons (Fsp3) is 0.538. The zero-order valence-corrected chi connectivity index (χ0v) is 11.8. The van der Waals surface area contributed by atoms with E-state index in [2.05, 4.69) is 5.32 Å². The van der Waals surface area contributed by atoms with Crippen LogP contribution in [0.4, 0.5) is 5.69 Å². The zero-order valence-electron chi connectivity index (χ0n) is 11.0. The number of aryl methyl sites for hydroxylation is 1. The molecular formula is C13H17NO4S. The largest absolute Gasteiger partial charge is 0.465 e. The first-order chi connectivity index (χ1) is 9.13. The van der Waals surface area contributed by atoms with Gasteiger partial charge in [-0.2, -0.15) is 0 Å². The van der Waals surface area contributed by atoms with Crippen molar-refractivity contribution >= 4 is 28.9 Å². The molecule has 6 heteroatoms. The van der Waals surface area contributed by atoms with Crippen LogP contribution in [0.2, 0.25) is 0 Å². The molecule has 1 N–H and O–H groups in total. The number of rotatable bonds is 3. The lowest BCUT2D eigenvalue weighted by molar-refractivity contribution is -0.129. The predicted octanol–water partition coefficient (Wildman–Crippen LogP) is 2.35. The third kappa shape index (κ3) is 3.13. The minimum Gasteiger partial charge on any atom is -0.465 e. The molecule has 1 amide bonds. The highest BCUT2D eigenvalue weighted by Gasteiger charge is 2.25. The highest BCUT2D eigenvalue weighted by molar-refractivity contribution is 7.12. The Kier molecular flexibility index (Phi) is 4.55. The highest BCUT2D eigenvalue weighted by atomic mass is 32.1. The third-order valence-electron chi connectivity index (χ3n) is 3.07. The van der Waals surface area contributed by atoms with Gasteiger partial charge in [-0.05, 0) is 37.1 Å². The number of thiophene rings is 1. The second-order valence-electron chi connectivity index (χ2n) is 4.46. The van der Waals surface area contributed by atoms with Crippen LogP contribution in [0.1, 0.15) is 34.5 Å². The summed E-state index contributed by atoms with van der Waals surface area (Å²) in [5, 5.41) is 4.61. The first-order valence-electron chi connectivity index (χ1n) is 6.22. The Morgan fingerprint density at radius 3 is 2.89 bits per heavy atom. The molecule has 5 nitrogen and oxygen atoms in total. The highest BCUT2D eigenvalue weighted by Crippen LogP contribution is 2.29. The third-order valence-corrected chi connectivity index (χ3v) is 4.14. The van der Waals surface area contributed by atoms with Gasteiger partial charge in [-0.15, -0.1) is 11.3 Å². The number of anilines is 1. The van der Waals surface area contributed by atoms with Crippen LogP contribution in [0.15, 0.2) is 5.38 Å². The van der Waals surface area contributed by atoms with Gasteiger partial charge in [0.1, 0.15) is 11.0 Å². The van der Waals surface area contributed by atoms with Gasteiger partial charge in [-0.25, -0.2) is 4.79 Å². The van der Waals surface area contributed by atoms with E-state index in [1.165, 1.54) is 18.4 Å². The number of carbonyl (C=O) groups excluding carboxylic acids is 2. The van der Waals surface area contributed by atoms with Crippen LogP contribution in [0.25, 0.3) is 0 Å². The second kappa shape index (κ2) is 6.16. The Hall–Kier alpha value is -1.40. The van der Waals surface area contributed by atoms with Gasteiger partial charge < -0.3 is 14.8 Å². The quantitative estimate of drug-likeness (QED) is 0.865. The van der Waals surface area contributed by atoms with Gasteiger partial charge in [-0.3, -0.25) is 4.79 Å². The Labute approximate surface area is 115 Å². The maximum Gasteiger partial charge on any atom is 0.350 e. The maximum absolute atomic E-state index is 12.1. The number of amides is 1. The Bertz CT molecular complexity index is 477. The van der Waals surface area contributed by atoms with Crippen molar-refractivity contribution in [2.45, 2.75) is 32.3 Å². The minimum atomic E-state index is -0.432. The lowest BCUT2D eigenvalue weighted by Gasteiger charge is -2.21. The molecule has 1 aromatic rings. The number of esters is 1. The summed E-state index contributed by atoms with van der Waals surface area (Å²) in [7, 11) is 1.33. The second-order valence-corrected chi connectivity index (χ2v) is 5.34.